The van der Waals surface area contributed by atoms with Gasteiger partial charge in [0, 0.05) is 41.4 Å². The highest BCUT2D eigenvalue weighted by molar-refractivity contribution is 9.10. The third-order valence-corrected chi connectivity index (χ3v) is 5.42. The molecule has 1 aromatic carbocycles. The summed E-state index contributed by atoms with van der Waals surface area (Å²) in [6.45, 7) is 4.71. The smallest absolute Gasteiger partial charge is 0.187 e. The van der Waals surface area contributed by atoms with Gasteiger partial charge in [-0.2, -0.15) is 0 Å². The van der Waals surface area contributed by atoms with Crippen LogP contribution in [0.4, 0.5) is 0 Å². The van der Waals surface area contributed by atoms with E-state index in [1.54, 1.807) is 6.08 Å². The van der Waals surface area contributed by atoms with Gasteiger partial charge < -0.3 is 9.80 Å². The first-order valence-electron chi connectivity index (χ1n) is 8.68. The summed E-state index contributed by atoms with van der Waals surface area (Å²) in [7, 11) is 0. The molecule has 2 fully saturated rings. The topological polar surface area (TPSA) is 23.6 Å². The second-order valence-corrected chi connectivity index (χ2v) is 7.50. The molecule has 1 atom stereocenters. The fourth-order valence-corrected chi connectivity index (χ4v) is 3.83. The molecule has 0 unspecified atom stereocenters. The first-order chi connectivity index (χ1) is 11.2. The van der Waals surface area contributed by atoms with E-state index in [-0.39, 0.29) is 5.78 Å². The number of likely N-dealkylation sites (tertiary alicyclic amines) is 2. The summed E-state index contributed by atoms with van der Waals surface area (Å²) >= 11 is 3.40. The molecule has 2 heterocycles. The molecule has 124 valence electrons. The van der Waals surface area contributed by atoms with Gasteiger partial charge in [0.1, 0.15) is 0 Å². The van der Waals surface area contributed by atoms with Crippen molar-refractivity contribution < 1.29 is 4.79 Å². The molecule has 2 saturated heterocycles. The summed E-state index contributed by atoms with van der Waals surface area (Å²) in [4.78, 5) is 17.2. The maximum Gasteiger partial charge on any atom is 0.187 e. The van der Waals surface area contributed by atoms with Crippen LogP contribution < -0.4 is 0 Å². The van der Waals surface area contributed by atoms with Crippen LogP contribution in [0.2, 0.25) is 0 Å². The van der Waals surface area contributed by atoms with Crippen molar-refractivity contribution in [1.82, 2.24) is 9.80 Å². The van der Waals surface area contributed by atoms with Crippen LogP contribution >= 0.6 is 15.9 Å². The van der Waals surface area contributed by atoms with E-state index in [2.05, 4.69) is 25.7 Å². The van der Waals surface area contributed by atoms with Crippen LogP contribution in [0.1, 0.15) is 42.5 Å². The van der Waals surface area contributed by atoms with E-state index in [1.165, 1.54) is 45.2 Å². The number of halogens is 1. The Morgan fingerprint density at radius 3 is 2.57 bits per heavy atom. The summed E-state index contributed by atoms with van der Waals surface area (Å²) < 4.78 is 0.999. The molecule has 0 N–H and O–H groups in total. The Morgan fingerprint density at radius 2 is 1.83 bits per heavy atom. The van der Waals surface area contributed by atoms with Crippen LogP contribution in [0.15, 0.2) is 41.0 Å². The molecule has 2 aliphatic heterocycles. The highest BCUT2D eigenvalue weighted by atomic mass is 79.9. The SMILES string of the molecule is O=C(/C=C/N1CCC[C@H]1CN1CCCCC1)c1ccc(Br)cc1. The second-order valence-electron chi connectivity index (χ2n) is 6.58. The Kier molecular flexibility index (Phi) is 5.90. The normalized spacial score (nSPS) is 22.8. The summed E-state index contributed by atoms with van der Waals surface area (Å²) in [5.74, 6) is 0.0844. The maximum absolute atomic E-state index is 12.3. The van der Waals surface area contributed by atoms with Crippen molar-refractivity contribution in [3.8, 4) is 0 Å². The number of carbonyl (C=O) groups is 1. The van der Waals surface area contributed by atoms with Crippen molar-refractivity contribution in [2.45, 2.75) is 38.1 Å². The minimum atomic E-state index is 0.0844. The molecule has 3 rings (SSSR count). The van der Waals surface area contributed by atoms with Gasteiger partial charge in [0.05, 0.1) is 0 Å². The highest BCUT2D eigenvalue weighted by Gasteiger charge is 2.24. The minimum absolute atomic E-state index is 0.0844. The van der Waals surface area contributed by atoms with E-state index in [0.29, 0.717) is 6.04 Å². The zero-order valence-corrected chi connectivity index (χ0v) is 15.2. The Balaban J connectivity index is 1.56. The molecule has 0 amide bonds. The van der Waals surface area contributed by atoms with Crippen LogP contribution in [0, 0.1) is 0 Å². The van der Waals surface area contributed by atoms with Gasteiger partial charge in [-0.05, 0) is 63.0 Å². The summed E-state index contributed by atoms with van der Waals surface area (Å²) in [5.41, 5.74) is 0.747. The largest absolute Gasteiger partial charge is 0.373 e. The van der Waals surface area contributed by atoms with Crippen molar-refractivity contribution in [2.24, 2.45) is 0 Å². The Bertz CT molecular complexity index is 549. The van der Waals surface area contributed by atoms with Gasteiger partial charge in [-0.25, -0.2) is 0 Å². The lowest BCUT2D eigenvalue weighted by molar-refractivity contribution is 0.104. The van der Waals surface area contributed by atoms with Gasteiger partial charge in [0.25, 0.3) is 0 Å². The monoisotopic (exact) mass is 376 g/mol. The first kappa shape index (κ1) is 16.7. The minimum Gasteiger partial charge on any atom is -0.373 e. The van der Waals surface area contributed by atoms with E-state index in [4.69, 9.17) is 0 Å². The molecule has 0 aromatic heterocycles. The molecular formula is C19H25BrN2O. The summed E-state index contributed by atoms with van der Waals surface area (Å²) in [5, 5.41) is 0. The number of hydrogen-bond donors (Lipinski definition) is 0. The number of ketones is 1. The van der Waals surface area contributed by atoms with Gasteiger partial charge in [0.15, 0.2) is 5.78 Å². The molecule has 3 nitrogen and oxygen atoms in total. The van der Waals surface area contributed by atoms with Gasteiger partial charge in [-0.3, -0.25) is 4.79 Å². The zero-order valence-electron chi connectivity index (χ0n) is 13.6. The predicted octanol–water partition coefficient (Wildman–Crippen LogP) is 4.10. The van der Waals surface area contributed by atoms with E-state index >= 15 is 0 Å². The maximum atomic E-state index is 12.3. The number of carbonyl (C=O) groups excluding carboxylic acids is 1. The molecule has 0 aliphatic carbocycles. The van der Waals surface area contributed by atoms with Gasteiger partial charge >= 0.3 is 0 Å². The van der Waals surface area contributed by atoms with E-state index in [9.17, 15) is 4.79 Å². The fraction of sp³-hybridized carbons (Fsp3) is 0.526. The number of allylic oxidation sites excluding steroid dienone is 1. The molecule has 4 heteroatoms. The highest BCUT2D eigenvalue weighted by Crippen LogP contribution is 2.21. The predicted molar refractivity (Wildman–Crippen MR) is 97.6 cm³/mol. The third-order valence-electron chi connectivity index (χ3n) is 4.89. The number of piperidine rings is 1. The van der Waals surface area contributed by atoms with E-state index in [0.717, 1.165) is 23.1 Å². The quantitative estimate of drug-likeness (QED) is 0.570. The number of rotatable bonds is 5. The second kappa shape index (κ2) is 8.11. The Morgan fingerprint density at radius 1 is 1.09 bits per heavy atom. The van der Waals surface area contributed by atoms with Gasteiger partial charge in [-0.1, -0.05) is 22.4 Å². The average molecular weight is 377 g/mol. The van der Waals surface area contributed by atoms with Crippen LogP contribution in [0.3, 0.4) is 0 Å². The van der Waals surface area contributed by atoms with Gasteiger partial charge in [0.2, 0.25) is 0 Å². The first-order valence-corrected chi connectivity index (χ1v) is 9.48. The molecule has 2 aliphatic rings. The van der Waals surface area contributed by atoms with E-state index < -0.39 is 0 Å². The average Bonchev–Trinajstić information content (AvgIpc) is 3.01. The standard InChI is InChI=1S/C19H25BrN2O/c20-17-8-6-16(7-9-17)19(23)10-14-22-13-4-5-18(22)15-21-11-2-1-3-12-21/h6-10,14,18H,1-5,11-13,15H2/b14-10+/t18-/m0/s1. The van der Waals surface area contributed by atoms with Crippen LogP contribution in [0.25, 0.3) is 0 Å². The van der Waals surface area contributed by atoms with Crippen LogP contribution in [-0.2, 0) is 0 Å². The molecule has 0 bridgehead atoms. The summed E-state index contributed by atoms with van der Waals surface area (Å²) in [6, 6.07) is 8.13. The van der Waals surface area contributed by atoms with Crippen molar-refractivity contribution in [3.05, 3.63) is 46.6 Å². The fourth-order valence-electron chi connectivity index (χ4n) is 3.56. The van der Waals surface area contributed by atoms with Crippen LogP contribution in [-0.4, -0.2) is 47.8 Å². The molecule has 1 aromatic rings. The third kappa shape index (κ3) is 4.67. The molecule has 0 radical (unpaired) electrons. The number of benzene rings is 1. The summed E-state index contributed by atoms with van der Waals surface area (Å²) in [6.07, 6.45) is 10.3. The number of hydrogen-bond acceptors (Lipinski definition) is 3. The zero-order chi connectivity index (χ0) is 16.1. The molecule has 0 saturated carbocycles. The lowest BCUT2D eigenvalue weighted by Gasteiger charge is -2.32. The van der Waals surface area contributed by atoms with Crippen molar-refractivity contribution in [2.75, 3.05) is 26.2 Å². The van der Waals surface area contributed by atoms with Crippen molar-refractivity contribution in [1.29, 1.82) is 0 Å². The molecule has 23 heavy (non-hydrogen) atoms. The van der Waals surface area contributed by atoms with Crippen molar-refractivity contribution >= 4 is 21.7 Å². The number of nitrogens with zero attached hydrogens (tertiary/aromatic N) is 2. The molecular weight excluding hydrogens is 352 g/mol. The van der Waals surface area contributed by atoms with Crippen molar-refractivity contribution in [3.63, 3.8) is 0 Å². The Labute approximate surface area is 147 Å². The Hall–Kier alpha value is -1.13. The molecule has 0 spiro atoms. The van der Waals surface area contributed by atoms with Crippen LogP contribution in [0.5, 0.6) is 0 Å². The van der Waals surface area contributed by atoms with E-state index in [1.807, 2.05) is 30.5 Å². The van der Waals surface area contributed by atoms with Gasteiger partial charge in [-0.15, -0.1) is 0 Å². The lowest BCUT2D eigenvalue weighted by atomic mass is 10.1. The lowest BCUT2D eigenvalue weighted by Crippen LogP contribution is -2.40.